The van der Waals surface area contributed by atoms with Crippen LogP contribution in [-0.2, 0) is 0 Å². The third kappa shape index (κ3) is 3.55. The fourth-order valence-electron chi connectivity index (χ4n) is 3.07. The van der Waals surface area contributed by atoms with E-state index in [1.54, 1.807) is 0 Å². The van der Waals surface area contributed by atoms with Crippen molar-refractivity contribution in [2.75, 3.05) is 0 Å². The van der Waals surface area contributed by atoms with Gasteiger partial charge in [0.1, 0.15) is 0 Å². The lowest BCUT2D eigenvalue weighted by molar-refractivity contribution is 0.223. The molecule has 0 aromatic carbocycles. The summed E-state index contributed by atoms with van der Waals surface area (Å²) in [5.74, 6) is 1.72. The van der Waals surface area contributed by atoms with Crippen molar-refractivity contribution in [3.05, 3.63) is 30.1 Å². The summed E-state index contributed by atoms with van der Waals surface area (Å²) in [5.41, 5.74) is 1.30. The van der Waals surface area contributed by atoms with E-state index in [0.29, 0.717) is 12.1 Å². The van der Waals surface area contributed by atoms with Gasteiger partial charge >= 0.3 is 0 Å². The van der Waals surface area contributed by atoms with Gasteiger partial charge in [0.05, 0.1) is 0 Å². The molecule has 0 aliphatic heterocycles. The van der Waals surface area contributed by atoms with Gasteiger partial charge in [0.25, 0.3) is 0 Å². The van der Waals surface area contributed by atoms with Crippen LogP contribution < -0.4 is 5.32 Å². The van der Waals surface area contributed by atoms with Crippen LogP contribution in [-0.4, -0.2) is 11.0 Å². The number of pyridine rings is 1. The van der Waals surface area contributed by atoms with E-state index in [-0.39, 0.29) is 0 Å². The van der Waals surface area contributed by atoms with Gasteiger partial charge in [0.2, 0.25) is 0 Å². The van der Waals surface area contributed by atoms with E-state index in [2.05, 4.69) is 37.1 Å². The average Bonchev–Trinajstić information content (AvgIpc) is 2.40. The Hall–Kier alpha value is -0.890. The van der Waals surface area contributed by atoms with Crippen molar-refractivity contribution in [3.8, 4) is 0 Å². The lowest BCUT2D eigenvalue weighted by Crippen LogP contribution is -2.37. The highest BCUT2D eigenvalue weighted by Gasteiger charge is 2.25. The molecule has 3 atom stereocenters. The van der Waals surface area contributed by atoms with E-state index in [9.17, 15) is 0 Å². The molecular weight excluding hydrogens is 220 g/mol. The molecule has 2 heteroatoms. The molecule has 2 rings (SSSR count). The topological polar surface area (TPSA) is 24.9 Å². The molecule has 0 spiro atoms. The Bertz CT molecular complexity index is 347. The fourth-order valence-corrected chi connectivity index (χ4v) is 3.07. The third-order valence-corrected chi connectivity index (χ3v) is 4.33. The smallest absolute Gasteiger partial charge is 0.0315 e. The van der Waals surface area contributed by atoms with Crippen LogP contribution >= 0.6 is 0 Å². The number of hydrogen-bond donors (Lipinski definition) is 1. The predicted octanol–water partition coefficient (Wildman–Crippen LogP) is 3.95. The van der Waals surface area contributed by atoms with E-state index in [1.165, 1.54) is 31.2 Å². The Morgan fingerprint density at radius 3 is 2.78 bits per heavy atom. The van der Waals surface area contributed by atoms with E-state index in [4.69, 9.17) is 0 Å². The van der Waals surface area contributed by atoms with Crippen molar-refractivity contribution >= 4 is 0 Å². The first-order chi connectivity index (χ1) is 8.66. The standard InChI is InChI=1S/C16H26N2/c1-12(2)14-6-4-8-16(10-14)18-13(3)15-7-5-9-17-11-15/h5,7,9,11-14,16,18H,4,6,8,10H2,1-3H3/t13-,14?,16?/m1/s1. The zero-order valence-electron chi connectivity index (χ0n) is 11.9. The van der Waals surface area contributed by atoms with Crippen molar-refractivity contribution < 1.29 is 0 Å². The molecule has 0 amide bonds. The van der Waals surface area contributed by atoms with Crippen LogP contribution in [0.2, 0.25) is 0 Å². The SMILES string of the molecule is CC(C)C1CCCC(N[C@H](C)c2cccnc2)C1. The van der Waals surface area contributed by atoms with Gasteiger partial charge in [-0.15, -0.1) is 0 Å². The summed E-state index contributed by atoms with van der Waals surface area (Å²) in [5, 5.41) is 3.78. The zero-order valence-corrected chi connectivity index (χ0v) is 11.9. The largest absolute Gasteiger partial charge is 0.307 e. The Kier molecular flexibility index (Phi) is 4.76. The van der Waals surface area contributed by atoms with Crippen molar-refractivity contribution in [2.24, 2.45) is 11.8 Å². The Morgan fingerprint density at radius 2 is 2.11 bits per heavy atom. The predicted molar refractivity (Wildman–Crippen MR) is 76.4 cm³/mol. The van der Waals surface area contributed by atoms with E-state index < -0.39 is 0 Å². The van der Waals surface area contributed by atoms with Crippen LogP contribution in [0.5, 0.6) is 0 Å². The summed E-state index contributed by atoms with van der Waals surface area (Å²) in [4.78, 5) is 4.20. The zero-order chi connectivity index (χ0) is 13.0. The van der Waals surface area contributed by atoms with Crippen LogP contribution in [0, 0.1) is 11.8 Å². The summed E-state index contributed by atoms with van der Waals surface area (Å²) in [6, 6.07) is 5.27. The quantitative estimate of drug-likeness (QED) is 0.870. The molecule has 1 heterocycles. The highest BCUT2D eigenvalue weighted by atomic mass is 14.9. The lowest BCUT2D eigenvalue weighted by atomic mass is 9.79. The van der Waals surface area contributed by atoms with Crippen molar-refractivity contribution in [1.82, 2.24) is 10.3 Å². The van der Waals surface area contributed by atoms with Gasteiger partial charge in [-0.25, -0.2) is 0 Å². The maximum atomic E-state index is 4.20. The van der Waals surface area contributed by atoms with Gasteiger partial charge in [0.15, 0.2) is 0 Å². The number of aromatic nitrogens is 1. The van der Waals surface area contributed by atoms with Crippen molar-refractivity contribution in [3.63, 3.8) is 0 Å². The molecule has 2 nitrogen and oxygen atoms in total. The molecule has 1 aromatic heterocycles. The van der Waals surface area contributed by atoms with Crippen molar-refractivity contribution in [2.45, 2.75) is 58.5 Å². The van der Waals surface area contributed by atoms with Crippen LogP contribution in [0.4, 0.5) is 0 Å². The minimum absolute atomic E-state index is 0.412. The van der Waals surface area contributed by atoms with Crippen LogP contribution in [0.15, 0.2) is 24.5 Å². The second-order valence-electron chi connectivity index (χ2n) is 6.04. The molecule has 0 bridgehead atoms. The molecule has 1 aromatic rings. The summed E-state index contributed by atoms with van der Waals surface area (Å²) >= 11 is 0. The molecular formula is C16H26N2. The molecule has 1 aliphatic rings. The molecule has 1 aliphatic carbocycles. The van der Waals surface area contributed by atoms with Crippen LogP contribution in [0.3, 0.4) is 0 Å². The minimum atomic E-state index is 0.412. The second kappa shape index (κ2) is 6.33. The number of rotatable bonds is 4. The van der Waals surface area contributed by atoms with E-state index >= 15 is 0 Å². The summed E-state index contributed by atoms with van der Waals surface area (Å²) < 4.78 is 0. The summed E-state index contributed by atoms with van der Waals surface area (Å²) in [7, 11) is 0. The van der Waals surface area contributed by atoms with E-state index in [0.717, 1.165) is 11.8 Å². The Labute approximate surface area is 111 Å². The summed E-state index contributed by atoms with van der Waals surface area (Å²) in [6.07, 6.45) is 9.26. The first-order valence-corrected chi connectivity index (χ1v) is 7.32. The molecule has 0 saturated heterocycles. The highest BCUT2D eigenvalue weighted by molar-refractivity contribution is 5.13. The van der Waals surface area contributed by atoms with Gasteiger partial charge in [-0.05, 0) is 43.2 Å². The molecule has 1 N–H and O–H groups in total. The minimum Gasteiger partial charge on any atom is -0.307 e. The van der Waals surface area contributed by atoms with Crippen LogP contribution in [0.1, 0.15) is 58.1 Å². The first-order valence-electron chi connectivity index (χ1n) is 7.32. The third-order valence-electron chi connectivity index (χ3n) is 4.33. The number of hydrogen-bond acceptors (Lipinski definition) is 2. The van der Waals surface area contributed by atoms with Crippen molar-refractivity contribution in [1.29, 1.82) is 0 Å². The molecule has 1 fully saturated rings. The van der Waals surface area contributed by atoms with Gasteiger partial charge in [-0.1, -0.05) is 32.8 Å². The lowest BCUT2D eigenvalue weighted by Gasteiger charge is -2.34. The summed E-state index contributed by atoms with van der Waals surface area (Å²) in [6.45, 7) is 6.96. The molecule has 1 saturated carbocycles. The fraction of sp³-hybridized carbons (Fsp3) is 0.688. The van der Waals surface area contributed by atoms with Gasteiger partial charge in [-0.3, -0.25) is 4.98 Å². The molecule has 0 radical (unpaired) electrons. The highest BCUT2D eigenvalue weighted by Crippen LogP contribution is 2.31. The van der Waals surface area contributed by atoms with E-state index in [1.807, 2.05) is 18.5 Å². The average molecular weight is 246 g/mol. The van der Waals surface area contributed by atoms with Gasteiger partial charge in [-0.2, -0.15) is 0 Å². The van der Waals surface area contributed by atoms with Crippen LogP contribution in [0.25, 0.3) is 0 Å². The van der Waals surface area contributed by atoms with Gasteiger partial charge in [0, 0.05) is 24.5 Å². The van der Waals surface area contributed by atoms with Gasteiger partial charge < -0.3 is 5.32 Å². The number of nitrogens with zero attached hydrogens (tertiary/aromatic N) is 1. The first kappa shape index (κ1) is 13.5. The normalized spacial score (nSPS) is 26.2. The maximum absolute atomic E-state index is 4.20. The Balaban J connectivity index is 1.89. The molecule has 18 heavy (non-hydrogen) atoms. The second-order valence-corrected chi connectivity index (χ2v) is 6.04. The monoisotopic (exact) mass is 246 g/mol. The molecule has 100 valence electrons. The Morgan fingerprint density at radius 1 is 1.28 bits per heavy atom. The number of nitrogens with one attached hydrogen (secondary N) is 1. The molecule has 2 unspecified atom stereocenters. The maximum Gasteiger partial charge on any atom is 0.0315 e.